The second kappa shape index (κ2) is 19.4. The number of carbonyl (C=O) groups is 4. The molecule has 0 amide bonds. The first kappa shape index (κ1) is 47.8. The molecule has 0 radical (unpaired) electrons. The van der Waals surface area contributed by atoms with Gasteiger partial charge in [0.05, 0.1) is 14.2 Å². The van der Waals surface area contributed by atoms with Crippen molar-refractivity contribution < 1.29 is 66.3 Å². The number of hydrogen-bond donors (Lipinski definition) is 1. The van der Waals surface area contributed by atoms with Crippen LogP contribution in [0.4, 0.5) is 0 Å². The van der Waals surface area contributed by atoms with Gasteiger partial charge in [0, 0.05) is 72.9 Å². The fourth-order valence-electron chi connectivity index (χ4n) is 7.95. The molecule has 68 heavy (non-hydrogen) atoms. The smallest absolute Gasteiger partial charge is 0.336 e. The normalized spacial score (nSPS) is 16.7. The summed E-state index contributed by atoms with van der Waals surface area (Å²) in [6, 6.07) is 22.9. The fourth-order valence-corrected chi connectivity index (χ4v) is 7.95. The molecule has 6 aromatic rings. The van der Waals surface area contributed by atoms with Gasteiger partial charge in [-0.05, 0) is 117 Å². The van der Waals surface area contributed by atoms with Crippen LogP contribution in [-0.4, -0.2) is 60.5 Å². The predicted molar refractivity (Wildman–Crippen MR) is 248 cm³/mol. The highest BCUT2D eigenvalue weighted by molar-refractivity contribution is 5.93. The summed E-state index contributed by atoms with van der Waals surface area (Å²) in [5, 5.41) is 11.6. The number of carbonyl (C=O) groups excluding carboxylic acids is 3. The van der Waals surface area contributed by atoms with E-state index in [-0.39, 0.29) is 11.3 Å². The third-order valence-electron chi connectivity index (χ3n) is 11.3. The maximum Gasteiger partial charge on any atom is 0.336 e. The van der Waals surface area contributed by atoms with Gasteiger partial charge in [0.1, 0.15) is 40.0 Å². The van der Waals surface area contributed by atoms with Gasteiger partial charge in [-0.3, -0.25) is 9.59 Å². The van der Waals surface area contributed by atoms with Gasteiger partial charge in [0.25, 0.3) is 0 Å². The zero-order valence-corrected chi connectivity index (χ0v) is 38.5. The number of carboxylic acids is 1. The van der Waals surface area contributed by atoms with Gasteiger partial charge in [0.2, 0.25) is 0 Å². The molecule has 0 fully saturated rings. The Labute approximate surface area is 389 Å². The average Bonchev–Trinajstić information content (AvgIpc) is 3.26. The minimum absolute atomic E-state index is 0.164. The first-order valence-corrected chi connectivity index (χ1v) is 21.3. The Morgan fingerprint density at radius 2 is 1.13 bits per heavy atom. The van der Waals surface area contributed by atoms with Gasteiger partial charge in [-0.2, -0.15) is 0 Å². The van der Waals surface area contributed by atoms with Gasteiger partial charge in [-0.15, -0.1) is 0 Å². The van der Waals surface area contributed by atoms with Gasteiger partial charge in [0.15, 0.2) is 23.0 Å². The molecule has 0 saturated heterocycles. The number of carboxylic acid groups (broad SMARTS) is 1. The van der Waals surface area contributed by atoms with Crippen LogP contribution in [0.3, 0.4) is 0 Å². The summed E-state index contributed by atoms with van der Waals surface area (Å²) in [6.07, 6.45) is 4.80. The average molecular weight is 929 g/mol. The van der Waals surface area contributed by atoms with Crippen LogP contribution in [0, 0.1) is 5.92 Å². The number of hydrogen-bond acceptors (Lipinski definition) is 15. The molecule has 352 valence electrons. The van der Waals surface area contributed by atoms with Crippen LogP contribution < -0.4 is 39.7 Å². The zero-order chi connectivity index (χ0) is 49.1. The van der Waals surface area contributed by atoms with Crippen LogP contribution in [0.15, 0.2) is 115 Å². The van der Waals surface area contributed by atoms with Crippen molar-refractivity contribution in [2.45, 2.75) is 71.7 Å². The molecule has 2 atom stereocenters. The molecule has 16 heteroatoms. The predicted octanol–water partition coefficient (Wildman–Crippen LogP) is 8.29. The summed E-state index contributed by atoms with van der Waals surface area (Å²) in [6.45, 7) is 9.91. The van der Waals surface area contributed by atoms with E-state index in [2.05, 4.69) is 0 Å². The lowest BCUT2D eigenvalue weighted by Gasteiger charge is -2.40. The van der Waals surface area contributed by atoms with Crippen LogP contribution in [0.1, 0.15) is 63.8 Å². The SMILES string of the molecule is COc1cc(/C=C(/C(=O)O)[C@@H]2Cc3cc4ccc(=O)oc4cc3OC2(C)C)ccc1OC(C)=O.COc1cc(/C=C/C(=O)O[C@H]2Cc3cc4ccc(=O)oc4cc3OC2(C)C)ccc1OC(C)=O. The molecule has 0 bridgehead atoms. The zero-order valence-electron chi connectivity index (χ0n) is 38.5. The van der Waals surface area contributed by atoms with E-state index in [0.717, 1.165) is 21.9 Å². The number of rotatable bonds is 10. The van der Waals surface area contributed by atoms with Crippen LogP contribution >= 0.6 is 0 Å². The van der Waals surface area contributed by atoms with E-state index in [1.807, 2.05) is 39.8 Å². The van der Waals surface area contributed by atoms with Crippen molar-refractivity contribution in [2.75, 3.05) is 14.2 Å². The summed E-state index contributed by atoms with van der Waals surface area (Å²) >= 11 is 0. The first-order valence-electron chi connectivity index (χ1n) is 21.3. The highest BCUT2D eigenvalue weighted by atomic mass is 16.6. The second-order valence-corrected chi connectivity index (χ2v) is 17.0. The molecule has 0 unspecified atom stereocenters. The Morgan fingerprint density at radius 3 is 1.65 bits per heavy atom. The van der Waals surface area contributed by atoms with Gasteiger partial charge < -0.3 is 47.1 Å². The number of fused-ring (bicyclic) bond motifs is 4. The molecule has 0 aliphatic carbocycles. The van der Waals surface area contributed by atoms with E-state index in [0.29, 0.717) is 63.9 Å². The third-order valence-corrected chi connectivity index (χ3v) is 11.3. The largest absolute Gasteiger partial charge is 0.493 e. The molecule has 8 rings (SSSR count). The Bertz CT molecular complexity index is 3150. The Hall–Kier alpha value is -8.14. The fraction of sp³-hybridized carbons (Fsp3) is 0.269. The van der Waals surface area contributed by atoms with E-state index in [1.54, 1.807) is 72.8 Å². The topological polar surface area (TPSA) is 214 Å². The van der Waals surface area contributed by atoms with E-state index in [9.17, 15) is 33.9 Å². The molecule has 2 aromatic heterocycles. The number of aliphatic carboxylic acids is 1. The molecule has 4 aromatic carbocycles. The van der Waals surface area contributed by atoms with Crippen molar-refractivity contribution in [3.05, 3.63) is 140 Å². The minimum Gasteiger partial charge on any atom is -0.493 e. The molecule has 16 nitrogen and oxygen atoms in total. The Balaban J connectivity index is 0.000000201. The van der Waals surface area contributed by atoms with Crippen molar-refractivity contribution in [3.63, 3.8) is 0 Å². The van der Waals surface area contributed by atoms with E-state index >= 15 is 0 Å². The summed E-state index contributed by atoms with van der Waals surface area (Å²) in [7, 11) is 2.90. The molecule has 0 spiro atoms. The van der Waals surface area contributed by atoms with E-state index in [1.165, 1.54) is 46.3 Å². The van der Waals surface area contributed by atoms with E-state index in [4.69, 9.17) is 42.0 Å². The van der Waals surface area contributed by atoms with Crippen molar-refractivity contribution in [1.29, 1.82) is 0 Å². The summed E-state index contributed by atoms with van der Waals surface area (Å²) in [5.41, 5.74) is 1.40. The number of ether oxygens (including phenoxy) is 7. The van der Waals surface area contributed by atoms with Gasteiger partial charge >= 0.3 is 35.1 Å². The molecule has 0 saturated carbocycles. The third kappa shape index (κ3) is 10.9. The van der Waals surface area contributed by atoms with E-state index < -0.39 is 58.4 Å². The lowest BCUT2D eigenvalue weighted by molar-refractivity contribution is -0.155. The van der Waals surface area contributed by atoms with Gasteiger partial charge in [-0.25, -0.2) is 19.2 Å². The standard InChI is InChI=1S/2C26H24O8/c1-15(27)31-19-8-5-16(11-22(19)30-4)6-9-25(29)33-23-13-18-12-17-7-10-24(28)32-20(17)14-21(18)34-26(23,2)3;1-14(27)32-20-7-5-15(10-23(20)31-4)9-18(25(29)30)19-12-17-11-16-6-8-24(28)33-21(16)13-22(17)34-26(19,2)3/h5-12,14,23H,13H2,1-4H3;5-11,13,19H,12H2,1-4H3,(H,29,30)/b9-6+;18-9+/t23-;19-/m00/s1. The maximum absolute atomic E-state index is 12.6. The van der Waals surface area contributed by atoms with Crippen molar-refractivity contribution in [2.24, 2.45) is 5.92 Å². The quantitative estimate of drug-likeness (QED) is 0.0592. The summed E-state index contributed by atoms with van der Waals surface area (Å²) in [4.78, 5) is 70.5. The molecule has 4 heterocycles. The van der Waals surface area contributed by atoms with Crippen LogP contribution in [0.2, 0.25) is 0 Å². The molecular formula is C52H48O16. The van der Waals surface area contributed by atoms with Crippen molar-refractivity contribution >= 4 is 58.0 Å². The van der Waals surface area contributed by atoms with Gasteiger partial charge in [-0.1, -0.05) is 12.1 Å². The Kier molecular flexibility index (Phi) is 13.6. The van der Waals surface area contributed by atoms with Crippen molar-refractivity contribution in [1.82, 2.24) is 0 Å². The van der Waals surface area contributed by atoms with Crippen LogP contribution in [-0.2, 0) is 36.8 Å². The molecule has 2 aliphatic heterocycles. The number of methoxy groups -OCH3 is 2. The molecular weight excluding hydrogens is 881 g/mol. The first-order chi connectivity index (χ1) is 32.2. The summed E-state index contributed by atoms with van der Waals surface area (Å²) in [5.74, 6) is -0.655. The molecule has 1 N–H and O–H groups in total. The number of esters is 3. The van der Waals surface area contributed by atoms with Crippen LogP contribution in [0.5, 0.6) is 34.5 Å². The van der Waals surface area contributed by atoms with Crippen molar-refractivity contribution in [3.8, 4) is 34.5 Å². The highest BCUT2D eigenvalue weighted by Gasteiger charge is 2.42. The molecule has 2 aliphatic rings. The minimum atomic E-state index is -1.07. The monoisotopic (exact) mass is 928 g/mol. The van der Waals surface area contributed by atoms with Crippen LogP contribution in [0.25, 0.3) is 34.1 Å². The summed E-state index contributed by atoms with van der Waals surface area (Å²) < 4.78 is 49.3. The lowest BCUT2D eigenvalue weighted by Crippen LogP contribution is -2.48. The second-order valence-electron chi connectivity index (χ2n) is 17.0. The maximum atomic E-state index is 12.6. The number of benzene rings is 4. The Morgan fingerprint density at radius 1 is 0.632 bits per heavy atom. The lowest BCUT2D eigenvalue weighted by atomic mass is 9.77. The highest BCUT2D eigenvalue weighted by Crippen LogP contribution is 2.43.